The molecule has 1 unspecified atom stereocenters. The normalized spacial score (nSPS) is 12.4. The second-order valence-corrected chi connectivity index (χ2v) is 9.90. The molecule has 1 atom stereocenters. The van der Waals surface area contributed by atoms with Crippen molar-refractivity contribution in [1.82, 2.24) is 0 Å². The number of hydrogen-bond acceptors (Lipinski definition) is 2. The van der Waals surface area contributed by atoms with Gasteiger partial charge in [0.1, 0.15) is 12.4 Å². The Morgan fingerprint density at radius 1 is 1.00 bits per heavy atom. The molecule has 0 saturated carbocycles. The number of rotatable bonds is 8. The average molecular weight is 429 g/mol. The third kappa shape index (κ3) is 8.12. The van der Waals surface area contributed by atoms with E-state index in [9.17, 15) is 0 Å². The first-order valence-corrected chi connectivity index (χ1v) is 11.8. The van der Waals surface area contributed by atoms with Crippen LogP contribution in [0.15, 0.2) is 77.5 Å². The van der Waals surface area contributed by atoms with E-state index in [2.05, 4.69) is 105 Å². The zero-order valence-electron chi connectivity index (χ0n) is 19.0. The first-order valence-electron chi connectivity index (χ1n) is 10.9. The summed E-state index contributed by atoms with van der Waals surface area (Å²) < 4.78 is 6.10. The molecular formula is C29H32OS. The van der Waals surface area contributed by atoms with Crippen molar-refractivity contribution >= 4 is 11.3 Å². The van der Waals surface area contributed by atoms with Gasteiger partial charge in [-0.25, -0.2) is 0 Å². The van der Waals surface area contributed by atoms with Crippen LogP contribution in [0.25, 0.3) is 11.1 Å². The van der Waals surface area contributed by atoms with Crippen LogP contribution in [0.1, 0.15) is 45.2 Å². The zero-order valence-corrected chi connectivity index (χ0v) is 19.8. The van der Waals surface area contributed by atoms with Gasteiger partial charge in [0.25, 0.3) is 0 Å². The molecule has 0 N–H and O–H groups in total. The van der Waals surface area contributed by atoms with Crippen molar-refractivity contribution in [2.45, 2.75) is 47.1 Å². The van der Waals surface area contributed by atoms with Gasteiger partial charge in [-0.1, -0.05) is 55.2 Å². The quantitative estimate of drug-likeness (QED) is 0.329. The summed E-state index contributed by atoms with van der Waals surface area (Å²) in [5, 5.41) is 4.29. The SMILES string of the molecule is CC(C/C=C/C#CC(C)(C)C)Cc1cccc(OCc2cccc(-c3ccsc3)c2)c1. The molecule has 0 aliphatic rings. The van der Waals surface area contributed by atoms with Crippen LogP contribution in [-0.2, 0) is 13.0 Å². The van der Waals surface area contributed by atoms with Gasteiger partial charge in [-0.2, -0.15) is 11.3 Å². The van der Waals surface area contributed by atoms with Crippen molar-refractivity contribution in [3.05, 3.63) is 88.6 Å². The summed E-state index contributed by atoms with van der Waals surface area (Å²) in [7, 11) is 0. The van der Waals surface area contributed by atoms with Gasteiger partial charge in [0.2, 0.25) is 0 Å². The van der Waals surface area contributed by atoms with Crippen molar-refractivity contribution in [1.29, 1.82) is 0 Å². The number of thiophene rings is 1. The Labute approximate surface area is 191 Å². The predicted molar refractivity (Wildman–Crippen MR) is 134 cm³/mol. The third-order valence-corrected chi connectivity index (χ3v) is 5.54. The fourth-order valence-corrected chi connectivity index (χ4v) is 3.97. The van der Waals surface area contributed by atoms with Gasteiger partial charge in [0.15, 0.2) is 0 Å². The lowest BCUT2D eigenvalue weighted by atomic mass is 9.97. The fourth-order valence-electron chi connectivity index (χ4n) is 3.30. The molecule has 0 radical (unpaired) electrons. The van der Waals surface area contributed by atoms with Crippen LogP contribution in [0.4, 0.5) is 0 Å². The molecule has 0 bridgehead atoms. The minimum atomic E-state index is 0.0572. The molecule has 0 fully saturated rings. The molecule has 3 aromatic rings. The van der Waals surface area contributed by atoms with E-state index in [1.807, 2.05) is 12.1 Å². The lowest BCUT2D eigenvalue weighted by Crippen LogP contribution is -2.00. The van der Waals surface area contributed by atoms with E-state index < -0.39 is 0 Å². The molecular weight excluding hydrogens is 396 g/mol. The van der Waals surface area contributed by atoms with E-state index in [1.54, 1.807) is 11.3 Å². The van der Waals surface area contributed by atoms with Crippen LogP contribution in [0.2, 0.25) is 0 Å². The highest BCUT2D eigenvalue weighted by Gasteiger charge is 2.05. The van der Waals surface area contributed by atoms with Gasteiger partial charge in [-0.05, 0) is 103 Å². The second-order valence-electron chi connectivity index (χ2n) is 9.12. The van der Waals surface area contributed by atoms with Gasteiger partial charge in [-0.3, -0.25) is 0 Å². The molecule has 31 heavy (non-hydrogen) atoms. The molecule has 3 rings (SSSR count). The highest BCUT2D eigenvalue weighted by molar-refractivity contribution is 7.08. The van der Waals surface area contributed by atoms with Crippen molar-refractivity contribution in [2.24, 2.45) is 11.3 Å². The molecule has 2 heteroatoms. The van der Waals surface area contributed by atoms with Crippen LogP contribution in [0.5, 0.6) is 5.75 Å². The summed E-state index contributed by atoms with van der Waals surface area (Å²) in [5.41, 5.74) is 5.06. The van der Waals surface area contributed by atoms with Crippen LogP contribution in [0, 0.1) is 23.2 Å². The van der Waals surface area contributed by atoms with Crippen LogP contribution in [-0.4, -0.2) is 0 Å². The lowest BCUT2D eigenvalue weighted by Gasteiger charge is -2.12. The second kappa shape index (κ2) is 11.0. The third-order valence-electron chi connectivity index (χ3n) is 4.86. The predicted octanol–water partition coefficient (Wildman–Crippen LogP) is 8.17. The smallest absolute Gasteiger partial charge is 0.120 e. The monoisotopic (exact) mass is 428 g/mol. The largest absolute Gasteiger partial charge is 0.489 e. The topological polar surface area (TPSA) is 9.23 Å². The maximum Gasteiger partial charge on any atom is 0.120 e. The minimum absolute atomic E-state index is 0.0572. The molecule has 1 nitrogen and oxygen atoms in total. The Kier molecular flexibility index (Phi) is 8.15. The Balaban J connectivity index is 1.53. The van der Waals surface area contributed by atoms with E-state index in [4.69, 9.17) is 4.74 Å². The van der Waals surface area contributed by atoms with Gasteiger partial charge in [0.05, 0.1) is 0 Å². The Morgan fingerprint density at radius 3 is 2.58 bits per heavy atom. The Morgan fingerprint density at radius 2 is 1.81 bits per heavy atom. The molecule has 1 aromatic heterocycles. The molecule has 0 amide bonds. The van der Waals surface area contributed by atoms with Gasteiger partial charge in [0, 0.05) is 5.41 Å². The van der Waals surface area contributed by atoms with Gasteiger partial charge >= 0.3 is 0 Å². The molecule has 160 valence electrons. The Bertz CT molecular complexity index is 1040. The number of allylic oxidation sites excluding steroid dienone is 2. The molecule has 1 heterocycles. The minimum Gasteiger partial charge on any atom is -0.489 e. The van der Waals surface area contributed by atoms with E-state index in [-0.39, 0.29) is 5.41 Å². The van der Waals surface area contributed by atoms with E-state index >= 15 is 0 Å². The highest BCUT2D eigenvalue weighted by Crippen LogP contribution is 2.24. The molecule has 0 aliphatic heterocycles. The fraction of sp³-hybridized carbons (Fsp3) is 0.310. The number of hydrogen-bond donors (Lipinski definition) is 0. The standard InChI is InChI=1S/C29H32OS/c1-23(10-6-5-7-16-29(2,3)4)18-24-11-9-14-28(20-24)30-21-25-12-8-13-26(19-25)27-15-17-31-22-27/h5-6,8-9,11-15,17,19-20,22-23H,10,18,21H2,1-4H3/b6-5+. The maximum absolute atomic E-state index is 6.10. The van der Waals surface area contributed by atoms with Gasteiger partial charge < -0.3 is 4.74 Å². The summed E-state index contributed by atoms with van der Waals surface area (Å²) >= 11 is 1.72. The maximum atomic E-state index is 6.10. The molecule has 0 spiro atoms. The highest BCUT2D eigenvalue weighted by atomic mass is 32.1. The van der Waals surface area contributed by atoms with Gasteiger partial charge in [-0.15, -0.1) is 0 Å². The first kappa shape index (κ1) is 22.9. The van der Waals surface area contributed by atoms with Crippen molar-refractivity contribution < 1.29 is 4.74 Å². The summed E-state index contributed by atoms with van der Waals surface area (Å²) in [6.07, 6.45) is 6.23. The molecule has 0 aliphatic carbocycles. The van der Waals surface area contributed by atoms with Crippen molar-refractivity contribution in [3.63, 3.8) is 0 Å². The average Bonchev–Trinajstić information content (AvgIpc) is 3.27. The molecule has 0 saturated heterocycles. The zero-order chi connectivity index (χ0) is 22.1. The van der Waals surface area contributed by atoms with Crippen LogP contribution < -0.4 is 4.74 Å². The summed E-state index contributed by atoms with van der Waals surface area (Å²) in [5.74, 6) is 7.88. The van der Waals surface area contributed by atoms with E-state index in [1.165, 1.54) is 22.3 Å². The summed E-state index contributed by atoms with van der Waals surface area (Å²) in [4.78, 5) is 0. The molecule has 2 aromatic carbocycles. The van der Waals surface area contributed by atoms with Crippen molar-refractivity contribution in [2.75, 3.05) is 0 Å². The van der Waals surface area contributed by atoms with Crippen LogP contribution >= 0.6 is 11.3 Å². The van der Waals surface area contributed by atoms with Crippen LogP contribution in [0.3, 0.4) is 0 Å². The van der Waals surface area contributed by atoms with Crippen molar-refractivity contribution in [3.8, 4) is 28.7 Å². The Hall–Kier alpha value is -2.76. The lowest BCUT2D eigenvalue weighted by molar-refractivity contribution is 0.306. The van der Waals surface area contributed by atoms with E-state index in [0.29, 0.717) is 12.5 Å². The number of benzene rings is 2. The summed E-state index contributed by atoms with van der Waals surface area (Å²) in [6.45, 7) is 9.25. The number of ether oxygens (including phenoxy) is 1. The summed E-state index contributed by atoms with van der Waals surface area (Å²) in [6, 6.07) is 19.2. The van der Waals surface area contributed by atoms with E-state index in [0.717, 1.165) is 18.6 Å². The first-order chi connectivity index (χ1) is 14.9.